The molecule has 2 heterocycles. The largest absolute Gasteiger partial charge is 0.416 e. The van der Waals surface area contributed by atoms with Gasteiger partial charge in [0.15, 0.2) is 0 Å². The van der Waals surface area contributed by atoms with Gasteiger partial charge in [-0.1, -0.05) is 35.3 Å². The molecule has 0 spiro atoms. The van der Waals surface area contributed by atoms with Crippen molar-refractivity contribution in [2.24, 2.45) is 0 Å². The van der Waals surface area contributed by atoms with Crippen molar-refractivity contribution < 1.29 is 18.0 Å². The number of carbonyl (C=O) groups is 1. The summed E-state index contributed by atoms with van der Waals surface area (Å²) in [5.41, 5.74) is 0.496. The number of fused-ring (bicyclic) bond motifs is 1. The molecule has 27 heavy (non-hydrogen) atoms. The van der Waals surface area contributed by atoms with Crippen molar-refractivity contribution in [3.63, 3.8) is 0 Å². The van der Waals surface area contributed by atoms with Crippen LogP contribution < -0.4 is 4.90 Å². The van der Waals surface area contributed by atoms with Crippen LogP contribution in [0.5, 0.6) is 0 Å². The average Bonchev–Trinajstić information content (AvgIpc) is 3.19. The van der Waals surface area contributed by atoms with E-state index in [1.54, 1.807) is 23.1 Å². The molecule has 4 rings (SSSR count). The van der Waals surface area contributed by atoms with Crippen molar-refractivity contribution in [3.8, 4) is 0 Å². The highest BCUT2D eigenvalue weighted by Crippen LogP contribution is 2.44. The van der Waals surface area contributed by atoms with E-state index in [-0.39, 0.29) is 11.9 Å². The Balaban J connectivity index is 1.77. The van der Waals surface area contributed by atoms with E-state index >= 15 is 0 Å². The lowest BCUT2D eigenvalue weighted by atomic mass is 10.1. The SMILES string of the molecule is O=C1[C@H]2CCCN2[C@H](c2ccc(C(F)(F)F)cc2)N1c1ccc(Cl)c(Cl)c1. The molecule has 0 saturated carbocycles. The summed E-state index contributed by atoms with van der Waals surface area (Å²) in [6.45, 7) is 0.708. The Morgan fingerprint density at radius 1 is 1.00 bits per heavy atom. The molecule has 0 unspecified atom stereocenters. The van der Waals surface area contributed by atoms with Crippen LogP contribution in [0.1, 0.15) is 30.1 Å². The highest BCUT2D eigenvalue weighted by atomic mass is 35.5. The molecule has 2 aliphatic rings. The summed E-state index contributed by atoms with van der Waals surface area (Å²) >= 11 is 12.1. The topological polar surface area (TPSA) is 23.6 Å². The Morgan fingerprint density at radius 3 is 2.33 bits per heavy atom. The number of anilines is 1. The fourth-order valence-corrected chi connectivity index (χ4v) is 4.16. The number of nitrogens with zero attached hydrogens (tertiary/aromatic N) is 2. The summed E-state index contributed by atoms with van der Waals surface area (Å²) in [5, 5.41) is 0.693. The third-order valence-electron chi connectivity index (χ3n) is 5.09. The van der Waals surface area contributed by atoms with Gasteiger partial charge in [-0.05, 0) is 48.7 Å². The molecule has 1 amide bonds. The van der Waals surface area contributed by atoms with Crippen molar-refractivity contribution in [2.45, 2.75) is 31.2 Å². The van der Waals surface area contributed by atoms with Gasteiger partial charge < -0.3 is 0 Å². The first-order chi connectivity index (χ1) is 12.8. The van der Waals surface area contributed by atoms with Crippen LogP contribution in [0.4, 0.5) is 18.9 Å². The molecule has 0 radical (unpaired) electrons. The van der Waals surface area contributed by atoms with Gasteiger partial charge in [0.1, 0.15) is 6.17 Å². The maximum absolute atomic E-state index is 13.0. The molecular formula is C19H15Cl2F3N2O. The van der Waals surface area contributed by atoms with E-state index in [0.717, 1.165) is 25.0 Å². The normalized spacial score (nSPS) is 23.1. The summed E-state index contributed by atoms with van der Waals surface area (Å²) < 4.78 is 38.7. The van der Waals surface area contributed by atoms with Gasteiger partial charge in [0.2, 0.25) is 5.91 Å². The van der Waals surface area contributed by atoms with E-state index < -0.39 is 17.9 Å². The van der Waals surface area contributed by atoms with Crippen molar-refractivity contribution in [1.29, 1.82) is 0 Å². The van der Waals surface area contributed by atoms with Gasteiger partial charge in [0.25, 0.3) is 0 Å². The van der Waals surface area contributed by atoms with Crippen molar-refractivity contribution in [2.75, 3.05) is 11.4 Å². The van der Waals surface area contributed by atoms with E-state index in [2.05, 4.69) is 0 Å². The predicted molar refractivity (Wildman–Crippen MR) is 97.9 cm³/mol. The molecule has 2 saturated heterocycles. The molecule has 2 aromatic carbocycles. The van der Waals surface area contributed by atoms with Crippen molar-refractivity contribution in [3.05, 3.63) is 63.6 Å². The van der Waals surface area contributed by atoms with Gasteiger partial charge in [-0.2, -0.15) is 13.2 Å². The Morgan fingerprint density at radius 2 is 1.70 bits per heavy atom. The maximum Gasteiger partial charge on any atom is 0.416 e. The average molecular weight is 415 g/mol. The lowest BCUT2D eigenvalue weighted by Gasteiger charge is -2.30. The zero-order valence-electron chi connectivity index (χ0n) is 14.0. The number of rotatable bonds is 2. The molecule has 8 heteroatoms. The minimum Gasteiger partial charge on any atom is -0.290 e. The molecule has 0 aromatic heterocycles. The molecule has 2 fully saturated rings. The van der Waals surface area contributed by atoms with Gasteiger partial charge in [0, 0.05) is 12.2 Å². The Hall–Kier alpha value is -1.76. The van der Waals surface area contributed by atoms with Crippen LogP contribution >= 0.6 is 23.2 Å². The highest BCUT2D eigenvalue weighted by Gasteiger charge is 2.49. The first-order valence-corrected chi connectivity index (χ1v) is 9.24. The summed E-state index contributed by atoms with van der Waals surface area (Å²) in [6.07, 6.45) is -3.26. The van der Waals surface area contributed by atoms with Gasteiger partial charge in [-0.15, -0.1) is 0 Å². The molecule has 0 bridgehead atoms. The number of hydrogen-bond acceptors (Lipinski definition) is 2. The number of alkyl halides is 3. The molecule has 0 aliphatic carbocycles. The monoisotopic (exact) mass is 414 g/mol. The Labute approximate surface area is 164 Å². The van der Waals surface area contributed by atoms with Crippen molar-refractivity contribution >= 4 is 34.8 Å². The molecule has 2 aromatic rings. The number of benzene rings is 2. The van der Waals surface area contributed by atoms with Crippen LogP contribution in [0.3, 0.4) is 0 Å². The molecule has 0 N–H and O–H groups in total. The maximum atomic E-state index is 13.0. The second-order valence-corrected chi connectivity index (χ2v) is 7.51. The first kappa shape index (κ1) is 18.6. The Kier molecular flexibility index (Phi) is 4.61. The van der Waals surface area contributed by atoms with Crippen LogP contribution in [-0.4, -0.2) is 23.4 Å². The summed E-state index contributed by atoms with van der Waals surface area (Å²) in [6, 6.07) is 9.63. The van der Waals surface area contributed by atoms with Crippen LogP contribution in [0.25, 0.3) is 0 Å². The highest BCUT2D eigenvalue weighted by molar-refractivity contribution is 6.42. The fourth-order valence-electron chi connectivity index (χ4n) is 3.86. The third-order valence-corrected chi connectivity index (χ3v) is 5.83. The number of amides is 1. The van der Waals surface area contributed by atoms with Crippen LogP contribution in [0.15, 0.2) is 42.5 Å². The summed E-state index contributed by atoms with van der Waals surface area (Å²) in [4.78, 5) is 16.7. The zero-order valence-corrected chi connectivity index (χ0v) is 15.5. The van der Waals surface area contributed by atoms with Gasteiger partial charge in [-0.3, -0.25) is 14.6 Å². The Bertz CT molecular complexity index is 886. The lowest BCUT2D eigenvalue weighted by molar-refractivity contribution is -0.137. The van der Waals surface area contributed by atoms with E-state index in [9.17, 15) is 18.0 Å². The minimum absolute atomic E-state index is 0.0733. The van der Waals surface area contributed by atoms with Gasteiger partial charge in [-0.25, -0.2) is 0 Å². The van der Waals surface area contributed by atoms with E-state index in [0.29, 0.717) is 27.8 Å². The molecule has 3 nitrogen and oxygen atoms in total. The number of carbonyl (C=O) groups excluding carboxylic acids is 1. The van der Waals surface area contributed by atoms with Gasteiger partial charge >= 0.3 is 6.18 Å². The predicted octanol–water partition coefficient (Wildman–Crippen LogP) is 5.52. The van der Waals surface area contributed by atoms with E-state index in [1.807, 2.05) is 4.90 Å². The van der Waals surface area contributed by atoms with Crippen LogP contribution in [0.2, 0.25) is 10.0 Å². The van der Waals surface area contributed by atoms with Crippen LogP contribution in [-0.2, 0) is 11.0 Å². The van der Waals surface area contributed by atoms with Gasteiger partial charge in [0.05, 0.1) is 21.7 Å². The number of hydrogen-bond donors (Lipinski definition) is 0. The van der Waals surface area contributed by atoms with Crippen LogP contribution in [0, 0.1) is 0 Å². The minimum atomic E-state index is -4.40. The smallest absolute Gasteiger partial charge is 0.290 e. The number of halogens is 5. The molecular weight excluding hydrogens is 400 g/mol. The molecule has 2 aliphatic heterocycles. The zero-order chi connectivity index (χ0) is 19.3. The first-order valence-electron chi connectivity index (χ1n) is 8.48. The third kappa shape index (κ3) is 3.20. The van der Waals surface area contributed by atoms with E-state index in [1.165, 1.54) is 12.1 Å². The summed E-state index contributed by atoms with van der Waals surface area (Å²) in [5.74, 6) is -0.0733. The molecule has 2 atom stereocenters. The molecule has 142 valence electrons. The quantitative estimate of drug-likeness (QED) is 0.645. The second-order valence-electron chi connectivity index (χ2n) is 6.70. The fraction of sp³-hybridized carbons (Fsp3) is 0.316. The van der Waals surface area contributed by atoms with E-state index in [4.69, 9.17) is 23.2 Å². The van der Waals surface area contributed by atoms with Crippen molar-refractivity contribution in [1.82, 2.24) is 4.90 Å². The lowest BCUT2D eigenvalue weighted by Crippen LogP contribution is -2.32. The standard InChI is InChI=1S/C19H15Cl2F3N2O/c20-14-8-7-13(10-15(14)21)26-17(25-9-1-2-16(25)18(26)27)11-3-5-12(6-4-11)19(22,23)24/h3-8,10,16-17H,1-2,9H2/t16-,17+/m1/s1. The summed E-state index contributed by atoms with van der Waals surface area (Å²) in [7, 11) is 0. The second kappa shape index (κ2) is 6.69.